The Morgan fingerprint density at radius 2 is 1.41 bits per heavy atom. The molecule has 0 aliphatic heterocycles. The van der Waals surface area contributed by atoms with Crippen LogP contribution in [0.3, 0.4) is 0 Å². The van der Waals surface area contributed by atoms with Gasteiger partial charge >= 0.3 is 6.01 Å². The molecule has 1 amide bonds. The number of nitrogens with one attached hydrogen (secondary N) is 1. The smallest absolute Gasteiger partial charge is 0.321 e. The number of amides is 1. The van der Waals surface area contributed by atoms with Gasteiger partial charge in [0, 0.05) is 24.2 Å². The molecule has 0 radical (unpaired) electrons. The Labute approximate surface area is 167 Å². The number of sulfonamides is 1. The van der Waals surface area contributed by atoms with Gasteiger partial charge in [0.2, 0.25) is 0 Å². The molecular formula is C18H15N3O6S2. The summed E-state index contributed by atoms with van der Waals surface area (Å²) in [6.07, 6.45) is 4.03. The van der Waals surface area contributed by atoms with Gasteiger partial charge in [0.1, 0.15) is 5.75 Å². The van der Waals surface area contributed by atoms with Gasteiger partial charge in [-0.05, 0) is 54.6 Å². The lowest BCUT2D eigenvalue weighted by atomic mass is 10.2. The first-order valence-corrected chi connectivity index (χ1v) is 11.4. The molecule has 2 aromatic carbocycles. The van der Waals surface area contributed by atoms with Crippen LogP contribution in [0, 0.1) is 0 Å². The maximum Gasteiger partial charge on any atom is 0.321 e. The van der Waals surface area contributed by atoms with Crippen LogP contribution in [0.5, 0.6) is 11.8 Å². The third-order valence-corrected chi connectivity index (χ3v) is 6.13. The Morgan fingerprint density at radius 1 is 0.862 bits per heavy atom. The highest BCUT2D eigenvalue weighted by Gasteiger charge is 2.19. The fourth-order valence-electron chi connectivity index (χ4n) is 2.22. The van der Waals surface area contributed by atoms with Gasteiger partial charge in [0.25, 0.3) is 15.9 Å². The van der Waals surface area contributed by atoms with Crippen LogP contribution in [-0.2, 0) is 19.9 Å². The molecule has 11 heteroatoms. The summed E-state index contributed by atoms with van der Waals surface area (Å²) < 4.78 is 55.0. The summed E-state index contributed by atoms with van der Waals surface area (Å²) in [5.74, 6) is -0.480. The molecule has 0 bridgehead atoms. The second kappa shape index (κ2) is 7.97. The van der Waals surface area contributed by atoms with Gasteiger partial charge in [-0.2, -0.15) is 0 Å². The third kappa shape index (κ3) is 5.15. The Balaban J connectivity index is 1.72. The molecule has 0 atom stereocenters. The summed E-state index contributed by atoms with van der Waals surface area (Å²) >= 11 is 0. The van der Waals surface area contributed by atoms with Gasteiger partial charge in [0.15, 0.2) is 9.84 Å². The number of nitrogens with zero attached hydrogens (tertiary/aromatic N) is 2. The number of sulfone groups is 1. The Morgan fingerprint density at radius 3 is 1.97 bits per heavy atom. The zero-order chi connectivity index (χ0) is 21.1. The molecule has 0 saturated carbocycles. The van der Waals surface area contributed by atoms with E-state index < -0.39 is 25.8 Å². The van der Waals surface area contributed by atoms with Crippen LogP contribution in [0.4, 0.5) is 0 Å². The van der Waals surface area contributed by atoms with Gasteiger partial charge in [-0.3, -0.25) is 4.79 Å². The SMILES string of the molecule is CS(=O)(=O)c1ccc(S(=O)(=O)NC(=O)c2ccc(Oc3ncccn3)cc2)cc1. The summed E-state index contributed by atoms with van der Waals surface area (Å²) in [7, 11) is -7.64. The lowest BCUT2D eigenvalue weighted by Gasteiger charge is -2.08. The van der Waals surface area contributed by atoms with Crippen molar-refractivity contribution in [3.63, 3.8) is 0 Å². The fourth-order valence-corrected chi connectivity index (χ4v) is 3.83. The summed E-state index contributed by atoms with van der Waals surface area (Å²) in [6, 6.07) is 12.0. The molecule has 0 aliphatic rings. The number of benzene rings is 2. The van der Waals surface area contributed by atoms with Crippen LogP contribution in [0.2, 0.25) is 0 Å². The number of carbonyl (C=O) groups excluding carboxylic acids is 1. The number of ether oxygens (including phenoxy) is 1. The van der Waals surface area contributed by atoms with Gasteiger partial charge in [-0.1, -0.05) is 0 Å². The van der Waals surface area contributed by atoms with Crippen LogP contribution < -0.4 is 9.46 Å². The van der Waals surface area contributed by atoms with E-state index in [1.165, 1.54) is 36.7 Å². The predicted molar refractivity (Wildman–Crippen MR) is 103 cm³/mol. The summed E-state index contributed by atoms with van der Waals surface area (Å²) in [5, 5.41) is 0. The maximum atomic E-state index is 12.4. The molecule has 9 nitrogen and oxygen atoms in total. The van der Waals surface area contributed by atoms with Gasteiger partial charge in [-0.15, -0.1) is 0 Å². The van der Waals surface area contributed by atoms with Gasteiger partial charge in [0.05, 0.1) is 9.79 Å². The molecule has 0 aliphatic carbocycles. The maximum absolute atomic E-state index is 12.4. The zero-order valence-corrected chi connectivity index (χ0v) is 16.6. The molecule has 1 heterocycles. The average molecular weight is 433 g/mol. The quantitative estimate of drug-likeness (QED) is 0.622. The molecule has 3 aromatic rings. The predicted octanol–water partition coefficient (Wildman–Crippen LogP) is 1.79. The van der Waals surface area contributed by atoms with Crippen molar-refractivity contribution >= 4 is 25.8 Å². The summed E-state index contributed by atoms with van der Waals surface area (Å²) in [5.41, 5.74) is 0.0858. The van der Waals surface area contributed by atoms with Gasteiger partial charge < -0.3 is 4.74 Å². The second-order valence-corrected chi connectivity index (χ2v) is 9.53. The van der Waals surface area contributed by atoms with Crippen molar-refractivity contribution < 1.29 is 26.4 Å². The van der Waals surface area contributed by atoms with E-state index in [1.54, 1.807) is 6.07 Å². The van der Waals surface area contributed by atoms with Gasteiger partial charge in [-0.25, -0.2) is 31.5 Å². The number of rotatable bonds is 6. The van der Waals surface area contributed by atoms with Crippen molar-refractivity contribution in [2.75, 3.05) is 6.26 Å². The van der Waals surface area contributed by atoms with E-state index in [0.717, 1.165) is 30.5 Å². The highest BCUT2D eigenvalue weighted by molar-refractivity contribution is 7.91. The summed E-state index contributed by atoms with van der Waals surface area (Å²) in [4.78, 5) is 19.8. The molecule has 0 saturated heterocycles. The first kappa shape index (κ1) is 20.4. The standard InChI is InChI=1S/C18H15N3O6S2/c1-28(23,24)15-7-9-16(10-8-15)29(25,26)21-17(22)13-3-5-14(6-4-13)27-18-19-11-2-12-20-18/h2-12H,1H3,(H,21,22). The number of hydrogen-bond acceptors (Lipinski definition) is 8. The van der Waals surface area contributed by atoms with Crippen molar-refractivity contribution in [1.82, 2.24) is 14.7 Å². The Kier molecular flexibility index (Phi) is 5.62. The van der Waals surface area contributed by atoms with Crippen molar-refractivity contribution in [1.29, 1.82) is 0 Å². The third-order valence-electron chi connectivity index (χ3n) is 3.66. The summed E-state index contributed by atoms with van der Waals surface area (Å²) in [6.45, 7) is 0. The number of aromatic nitrogens is 2. The van der Waals surface area contributed by atoms with E-state index in [0.29, 0.717) is 5.75 Å². The molecule has 150 valence electrons. The Bertz CT molecular complexity index is 1230. The number of hydrogen-bond donors (Lipinski definition) is 1. The van der Waals surface area contributed by atoms with E-state index in [1.807, 2.05) is 4.72 Å². The van der Waals surface area contributed by atoms with E-state index in [9.17, 15) is 21.6 Å². The van der Waals surface area contributed by atoms with Crippen molar-refractivity contribution in [2.45, 2.75) is 9.79 Å². The lowest BCUT2D eigenvalue weighted by Crippen LogP contribution is -2.30. The van der Waals surface area contributed by atoms with Crippen molar-refractivity contribution in [3.8, 4) is 11.8 Å². The van der Waals surface area contributed by atoms with E-state index >= 15 is 0 Å². The van der Waals surface area contributed by atoms with Crippen LogP contribution >= 0.6 is 0 Å². The minimum absolute atomic E-state index is 0.0271. The molecule has 1 N–H and O–H groups in total. The van der Waals surface area contributed by atoms with Crippen LogP contribution in [-0.4, -0.2) is 39.0 Å². The van der Waals surface area contributed by atoms with E-state index in [4.69, 9.17) is 4.74 Å². The molecular weight excluding hydrogens is 418 g/mol. The van der Waals surface area contributed by atoms with Crippen LogP contribution in [0.15, 0.2) is 76.8 Å². The largest absolute Gasteiger partial charge is 0.424 e. The van der Waals surface area contributed by atoms with Crippen LogP contribution in [0.1, 0.15) is 10.4 Å². The molecule has 29 heavy (non-hydrogen) atoms. The molecule has 3 rings (SSSR count). The average Bonchev–Trinajstić information content (AvgIpc) is 2.68. The molecule has 0 spiro atoms. The van der Waals surface area contributed by atoms with Crippen molar-refractivity contribution in [3.05, 3.63) is 72.6 Å². The molecule has 1 aromatic heterocycles. The topological polar surface area (TPSA) is 132 Å². The monoisotopic (exact) mass is 433 g/mol. The number of carbonyl (C=O) groups is 1. The Hall–Kier alpha value is -3.31. The normalized spacial score (nSPS) is 11.6. The highest BCUT2D eigenvalue weighted by atomic mass is 32.2. The first-order chi connectivity index (χ1) is 13.6. The fraction of sp³-hybridized carbons (Fsp3) is 0.0556. The van der Waals surface area contributed by atoms with E-state index in [-0.39, 0.29) is 21.4 Å². The highest BCUT2D eigenvalue weighted by Crippen LogP contribution is 2.18. The first-order valence-electron chi connectivity index (χ1n) is 8.07. The zero-order valence-electron chi connectivity index (χ0n) is 15.0. The van der Waals surface area contributed by atoms with E-state index in [2.05, 4.69) is 9.97 Å². The second-order valence-electron chi connectivity index (χ2n) is 5.84. The lowest BCUT2D eigenvalue weighted by molar-refractivity contribution is 0.0981. The molecule has 0 unspecified atom stereocenters. The van der Waals surface area contributed by atoms with Crippen molar-refractivity contribution in [2.24, 2.45) is 0 Å². The minimum Gasteiger partial charge on any atom is -0.424 e. The molecule has 0 fully saturated rings. The van der Waals surface area contributed by atoms with Crippen LogP contribution in [0.25, 0.3) is 0 Å². The minimum atomic E-state index is -4.17.